The van der Waals surface area contributed by atoms with Gasteiger partial charge in [-0.05, 0) is 35.4 Å². The fourth-order valence-corrected chi connectivity index (χ4v) is 5.74. The molecule has 2 heterocycles. The van der Waals surface area contributed by atoms with Gasteiger partial charge in [0, 0.05) is 10.8 Å². The van der Waals surface area contributed by atoms with E-state index < -0.39 is 0 Å². The highest BCUT2D eigenvalue weighted by Gasteiger charge is 2.33. The van der Waals surface area contributed by atoms with Gasteiger partial charge in [0.05, 0.1) is 5.39 Å². The predicted molar refractivity (Wildman–Crippen MR) is 108 cm³/mol. The van der Waals surface area contributed by atoms with Crippen LogP contribution in [0.5, 0.6) is 0 Å². The number of hydrogen-bond donors (Lipinski definition) is 0. The molecule has 2 atom stereocenters. The molecule has 2 aromatic carbocycles. The topological polar surface area (TPSA) is 25.8 Å². The molecule has 0 spiro atoms. The number of aromatic nitrogens is 2. The summed E-state index contributed by atoms with van der Waals surface area (Å²) >= 11 is 8.26. The lowest BCUT2D eigenvalue weighted by molar-refractivity contribution is 0.546. The van der Waals surface area contributed by atoms with Crippen molar-refractivity contribution in [3.63, 3.8) is 0 Å². The van der Waals surface area contributed by atoms with Crippen LogP contribution in [0.3, 0.4) is 0 Å². The maximum Gasteiger partial charge on any atom is 0.141 e. The fourth-order valence-electron chi connectivity index (χ4n) is 4.13. The van der Waals surface area contributed by atoms with Gasteiger partial charge in [0.15, 0.2) is 0 Å². The van der Waals surface area contributed by atoms with Crippen molar-refractivity contribution < 1.29 is 0 Å². The van der Waals surface area contributed by atoms with Crippen molar-refractivity contribution in [2.45, 2.75) is 24.7 Å². The molecular weight excluding hydrogens is 360 g/mol. The van der Waals surface area contributed by atoms with Gasteiger partial charge < -0.3 is 0 Å². The van der Waals surface area contributed by atoms with E-state index in [1.807, 2.05) is 0 Å². The summed E-state index contributed by atoms with van der Waals surface area (Å²) in [5.41, 5.74) is 4.10. The van der Waals surface area contributed by atoms with Gasteiger partial charge in [-0.25, -0.2) is 9.97 Å². The molecule has 1 aliphatic carbocycles. The highest BCUT2D eigenvalue weighted by atomic mass is 35.5. The summed E-state index contributed by atoms with van der Waals surface area (Å²) in [7, 11) is 0. The lowest BCUT2D eigenvalue weighted by atomic mass is 9.75. The summed E-state index contributed by atoms with van der Waals surface area (Å²) < 4.78 is 0. The van der Waals surface area contributed by atoms with Crippen LogP contribution in [0.4, 0.5) is 0 Å². The van der Waals surface area contributed by atoms with E-state index in [0.717, 1.165) is 23.1 Å². The highest BCUT2D eigenvalue weighted by Crippen LogP contribution is 2.49. The average Bonchev–Trinajstić information content (AvgIpc) is 3.08. The second-order valence-electron chi connectivity index (χ2n) is 6.80. The van der Waals surface area contributed by atoms with Crippen LogP contribution in [0.15, 0.2) is 67.0 Å². The molecule has 0 fully saturated rings. The van der Waals surface area contributed by atoms with Crippen LogP contribution in [0.25, 0.3) is 10.2 Å². The van der Waals surface area contributed by atoms with E-state index in [1.54, 1.807) is 17.7 Å². The molecule has 0 bridgehead atoms. The minimum Gasteiger partial charge on any atom is -0.225 e. The Morgan fingerprint density at radius 1 is 0.885 bits per heavy atom. The van der Waals surface area contributed by atoms with Crippen LogP contribution in [0, 0.1) is 0 Å². The maximum atomic E-state index is 6.48. The smallest absolute Gasteiger partial charge is 0.141 e. The summed E-state index contributed by atoms with van der Waals surface area (Å²) in [5, 5.41) is 1.63. The summed E-state index contributed by atoms with van der Waals surface area (Å²) in [6, 6.07) is 21.6. The Bertz CT molecular complexity index is 1060. The number of nitrogens with zero attached hydrogens (tertiary/aromatic N) is 2. The third-order valence-corrected chi connectivity index (χ3v) is 6.87. The van der Waals surface area contributed by atoms with E-state index in [4.69, 9.17) is 11.6 Å². The van der Waals surface area contributed by atoms with Gasteiger partial charge in [0.2, 0.25) is 0 Å². The Balaban J connectivity index is 1.71. The Hall–Kier alpha value is -2.23. The molecule has 128 valence electrons. The van der Waals surface area contributed by atoms with Crippen molar-refractivity contribution in [3.05, 3.63) is 93.7 Å². The van der Waals surface area contributed by atoms with Gasteiger partial charge in [-0.2, -0.15) is 0 Å². The Kier molecular flexibility index (Phi) is 3.99. The van der Waals surface area contributed by atoms with E-state index >= 15 is 0 Å². The summed E-state index contributed by atoms with van der Waals surface area (Å²) in [6.07, 6.45) is 3.67. The number of rotatable bonds is 2. The molecule has 0 saturated heterocycles. The first-order chi connectivity index (χ1) is 12.8. The standard InChI is InChI=1S/C22H17ClN2S/c23-21-19-18-12-16(14-7-3-1-4-8-14)11-17(15-9-5-2-6-10-15)20(18)26-22(19)25-13-24-21/h1-10,13,16-17H,11-12H2. The van der Waals surface area contributed by atoms with Crippen molar-refractivity contribution in [2.24, 2.45) is 0 Å². The lowest BCUT2D eigenvalue weighted by Gasteiger charge is -2.30. The largest absolute Gasteiger partial charge is 0.225 e. The average molecular weight is 377 g/mol. The molecule has 2 unspecified atom stereocenters. The van der Waals surface area contributed by atoms with Crippen molar-refractivity contribution in [1.82, 2.24) is 9.97 Å². The molecule has 0 N–H and O–H groups in total. The second-order valence-corrected chi connectivity index (χ2v) is 8.19. The van der Waals surface area contributed by atoms with Crippen LogP contribution < -0.4 is 0 Å². The predicted octanol–water partition coefficient (Wildman–Crippen LogP) is 6.21. The zero-order chi connectivity index (χ0) is 17.5. The van der Waals surface area contributed by atoms with E-state index in [2.05, 4.69) is 70.6 Å². The van der Waals surface area contributed by atoms with Crippen LogP contribution >= 0.6 is 22.9 Å². The number of halogens is 1. The molecule has 4 aromatic rings. The summed E-state index contributed by atoms with van der Waals surface area (Å²) in [5.74, 6) is 0.850. The second kappa shape index (κ2) is 6.49. The molecule has 0 amide bonds. The van der Waals surface area contributed by atoms with Crippen molar-refractivity contribution >= 4 is 33.2 Å². The molecule has 1 aliphatic rings. The highest BCUT2D eigenvalue weighted by molar-refractivity contribution is 7.19. The van der Waals surface area contributed by atoms with Gasteiger partial charge in [-0.1, -0.05) is 72.3 Å². The zero-order valence-electron chi connectivity index (χ0n) is 14.1. The van der Waals surface area contributed by atoms with Crippen LogP contribution in [-0.4, -0.2) is 9.97 Å². The minimum atomic E-state index is 0.375. The molecule has 4 heteroatoms. The van der Waals surface area contributed by atoms with Crippen molar-refractivity contribution in [2.75, 3.05) is 0 Å². The van der Waals surface area contributed by atoms with Gasteiger partial charge in [0.1, 0.15) is 16.3 Å². The Labute approximate surface area is 161 Å². The monoisotopic (exact) mass is 376 g/mol. The van der Waals surface area contributed by atoms with E-state index in [-0.39, 0.29) is 0 Å². The third kappa shape index (κ3) is 2.63. The van der Waals surface area contributed by atoms with Crippen LogP contribution in [0.1, 0.15) is 39.8 Å². The quantitative estimate of drug-likeness (QED) is 0.389. The summed E-state index contributed by atoms with van der Waals surface area (Å²) in [6.45, 7) is 0. The summed E-state index contributed by atoms with van der Waals surface area (Å²) in [4.78, 5) is 11.1. The molecule has 5 rings (SSSR count). The Morgan fingerprint density at radius 2 is 1.58 bits per heavy atom. The number of thiophene rings is 1. The van der Waals surface area contributed by atoms with E-state index in [1.165, 1.54) is 21.6 Å². The van der Waals surface area contributed by atoms with Crippen molar-refractivity contribution in [3.8, 4) is 0 Å². The molecule has 26 heavy (non-hydrogen) atoms. The lowest BCUT2D eigenvalue weighted by Crippen LogP contribution is -2.16. The first-order valence-corrected chi connectivity index (χ1v) is 10.0. The van der Waals surface area contributed by atoms with Gasteiger partial charge in [0.25, 0.3) is 0 Å². The first-order valence-electron chi connectivity index (χ1n) is 8.83. The SMILES string of the molecule is Clc1ncnc2sc3c(c12)CC(c1ccccc1)CC3c1ccccc1. The third-order valence-electron chi connectivity index (χ3n) is 5.33. The van der Waals surface area contributed by atoms with Gasteiger partial charge in [-0.3, -0.25) is 0 Å². The van der Waals surface area contributed by atoms with E-state index in [9.17, 15) is 0 Å². The first kappa shape index (κ1) is 16.0. The Morgan fingerprint density at radius 3 is 2.31 bits per heavy atom. The molecular formula is C22H17ClN2S. The minimum absolute atomic E-state index is 0.375. The number of fused-ring (bicyclic) bond motifs is 3. The van der Waals surface area contributed by atoms with Crippen LogP contribution in [-0.2, 0) is 6.42 Å². The van der Waals surface area contributed by atoms with Gasteiger partial charge >= 0.3 is 0 Å². The molecule has 0 radical (unpaired) electrons. The molecule has 0 saturated carbocycles. The fraction of sp³-hybridized carbons (Fsp3) is 0.182. The normalized spacial score (nSPS) is 19.4. The van der Waals surface area contributed by atoms with E-state index in [0.29, 0.717) is 17.0 Å². The van der Waals surface area contributed by atoms with Crippen LogP contribution in [0.2, 0.25) is 5.15 Å². The molecule has 2 nitrogen and oxygen atoms in total. The number of hydrogen-bond acceptors (Lipinski definition) is 3. The molecule has 0 aliphatic heterocycles. The van der Waals surface area contributed by atoms with Crippen molar-refractivity contribution in [1.29, 1.82) is 0 Å². The van der Waals surface area contributed by atoms with Gasteiger partial charge in [-0.15, -0.1) is 11.3 Å². The zero-order valence-corrected chi connectivity index (χ0v) is 15.7. The maximum absolute atomic E-state index is 6.48. The molecule has 2 aromatic heterocycles. The number of benzene rings is 2.